The third-order valence-corrected chi connectivity index (χ3v) is 5.47. The molecule has 1 aliphatic carbocycles. The van der Waals surface area contributed by atoms with Crippen molar-refractivity contribution in [1.29, 1.82) is 0 Å². The molecule has 18 heavy (non-hydrogen) atoms. The Hall–Kier alpha value is -0.830. The highest BCUT2D eigenvalue weighted by Gasteiger charge is 2.68. The Kier molecular flexibility index (Phi) is 3.30. The van der Waals surface area contributed by atoms with Crippen molar-refractivity contribution in [3.8, 4) is 0 Å². The van der Waals surface area contributed by atoms with E-state index in [1.165, 1.54) is 0 Å². The van der Waals surface area contributed by atoms with Crippen molar-refractivity contribution in [2.75, 3.05) is 0 Å². The molecule has 0 unspecified atom stereocenters. The molecule has 1 amide bonds. The van der Waals surface area contributed by atoms with Crippen LogP contribution in [0, 0.1) is 16.7 Å². The lowest BCUT2D eigenvalue weighted by atomic mass is 10.0. The van der Waals surface area contributed by atoms with E-state index in [1.54, 1.807) is 0 Å². The van der Waals surface area contributed by atoms with Crippen LogP contribution in [-0.2, 0) is 11.3 Å². The summed E-state index contributed by atoms with van der Waals surface area (Å²) in [5.74, 6) is 0.285. The molecule has 3 heteroatoms. The van der Waals surface area contributed by atoms with E-state index in [-0.39, 0.29) is 22.7 Å². The second-order valence-electron chi connectivity index (χ2n) is 6.19. The summed E-state index contributed by atoms with van der Waals surface area (Å²) in [5.41, 5.74) is 1.32. The molecule has 1 aliphatic rings. The number of hydrogen-bond donors (Lipinski definition) is 1. The summed E-state index contributed by atoms with van der Waals surface area (Å²) in [6.07, 6.45) is 0. The normalized spacial score (nSPS) is 20.5. The standard InChI is InChI=1S/C15H20BrNO/c1-14(2)12(15(14,3)4)13(18)17-9-10-7-5-6-8-11(10)16/h5-8,12H,9H2,1-4H3,(H,17,18). The predicted octanol–water partition coefficient (Wildman–Crippen LogP) is 3.75. The zero-order valence-corrected chi connectivity index (χ0v) is 13.0. The maximum atomic E-state index is 12.2. The molecule has 0 bridgehead atoms. The van der Waals surface area contributed by atoms with Crippen LogP contribution in [0.1, 0.15) is 33.3 Å². The van der Waals surface area contributed by atoms with E-state index in [1.807, 2.05) is 24.3 Å². The first-order chi connectivity index (χ1) is 8.28. The Morgan fingerprint density at radius 1 is 1.22 bits per heavy atom. The van der Waals surface area contributed by atoms with Gasteiger partial charge in [-0.05, 0) is 22.5 Å². The predicted molar refractivity (Wildman–Crippen MR) is 77.0 cm³/mol. The van der Waals surface area contributed by atoms with E-state index in [0.717, 1.165) is 10.0 Å². The van der Waals surface area contributed by atoms with Crippen LogP contribution in [-0.4, -0.2) is 5.91 Å². The minimum Gasteiger partial charge on any atom is -0.352 e. The van der Waals surface area contributed by atoms with Gasteiger partial charge in [-0.1, -0.05) is 61.8 Å². The van der Waals surface area contributed by atoms with Gasteiger partial charge in [0.15, 0.2) is 0 Å². The van der Waals surface area contributed by atoms with Crippen LogP contribution >= 0.6 is 15.9 Å². The van der Waals surface area contributed by atoms with E-state index in [9.17, 15) is 4.79 Å². The highest BCUT2D eigenvalue weighted by Crippen LogP contribution is 2.68. The fourth-order valence-electron chi connectivity index (χ4n) is 2.78. The topological polar surface area (TPSA) is 29.1 Å². The van der Waals surface area contributed by atoms with Crippen LogP contribution in [0.25, 0.3) is 0 Å². The summed E-state index contributed by atoms with van der Waals surface area (Å²) < 4.78 is 1.04. The average Bonchev–Trinajstić information content (AvgIpc) is 2.68. The van der Waals surface area contributed by atoms with Crippen LogP contribution in [0.2, 0.25) is 0 Å². The van der Waals surface area contributed by atoms with Gasteiger partial charge in [0.05, 0.1) is 0 Å². The minimum atomic E-state index is 0.102. The van der Waals surface area contributed by atoms with E-state index >= 15 is 0 Å². The lowest BCUT2D eigenvalue weighted by molar-refractivity contribution is -0.123. The zero-order valence-electron chi connectivity index (χ0n) is 11.4. The molecule has 98 valence electrons. The molecule has 1 N–H and O–H groups in total. The van der Waals surface area contributed by atoms with Gasteiger partial charge in [0.1, 0.15) is 0 Å². The van der Waals surface area contributed by atoms with Crippen molar-refractivity contribution < 1.29 is 4.79 Å². The molecule has 1 saturated carbocycles. The van der Waals surface area contributed by atoms with Gasteiger partial charge in [-0.25, -0.2) is 0 Å². The molecule has 0 aliphatic heterocycles. The van der Waals surface area contributed by atoms with Crippen LogP contribution < -0.4 is 5.32 Å². The number of amides is 1. The first-order valence-electron chi connectivity index (χ1n) is 6.29. The molecule has 0 radical (unpaired) electrons. The highest BCUT2D eigenvalue weighted by atomic mass is 79.9. The maximum Gasteiger partial charge on any atom is 0.224 e. The molecule has 2 rings (SSSR count). The Labute approximate surface area is 117 Å². The molecular formula is C15H20BrNO. The minimum absolute atomic E-state index is 0.102. The van der Waals surface area contributed by atoms with Crippen LogP contribution in [0.5, 0.6) is 0 Å². The Morgan fingerprint density at radius 3 is 2.28 bits per heavy atom. The van der Waals surface area contributed by atoms with Crippen LogP contribution in [0.4, 0.5) is 0 Å². The molecule has 1 fully saturated rings. The Balaban J connectivity index is 1.97. The van der Waals surface area contributed by atoms with E-state index in [4.69, 9.17) is 0 Å². The van der Waals surface area contributed by atoms with Gasteiger partial charge < -0.3 is 5.32 Å². The number of benzene rings is 1. The van der Waals surface area contributed by atoms with Crippen molar-refractivity contribution in [2.24, 2.45) is 16.7 Å². The number of carbonyl (C=O) groups is 1. The highest BCUT2D eigenvalue weighted by molar-refractivity contribution is 9.10. The molecule has 2 nitrogen and oxygen atoms in total. The van der Waals surface area contributed by atoms with Crippen molar-refractivity contribution in [1.82, 2.24) is 5.32 Å². The van der Waals surface area contributed by atoms with Crippen molar-refractivity contribution >= 4 is 21.8 Å². The zero-order chi connectivity index (χ0) is 13.6. The molecule has 0 heterocycles. The smallest absolute Gasteiger partial charge is 0.224 e. The Bertz CT molecular complexity index is 465. The molecule has 0 spiro atoms. The van der Waals surface area contributed by atoms with Crippen molar-refractivity contribution in [3.05, 3.63) is 34.3 Å². The third-order valence-electron chi connectivity index (χ3n) is 4.69. The molecule has 0 aromatic heterocycles. The second-order valence-corrected chi connectivity index (χ2v) is 7.04. The van der Waals surface area contributed by atoms with Gasteiger partial charge in [0.25, 0.3) is 0 Å². The summed E-state index contributed by atoms with van der Waals surface area (Å²) in [5, 5.41) is 3.04. The Morgan fingerprint density at radius 2 is 1.78 bits per heavy atom. The number of rotatable bonds is 3. The fourth-order valence-corrected chi connectivity index (χ4v) is 3.20. The largest absolute Gasteiger partial charge is 0.352 e. The van der Waals surface area contributed by atoms with Gasteiger partial charge in [0.2, 0.25) is 5.91 Å². The number of nitrogens with one attached hydrogen (secondary N) is 1. The number of halogens is 1. The van der Waals surface area contributed by atoms with E-state index in [0.29, 0.717) is 6.54 Å². The third kappa shape index (κ3) is 2.09. The summed E-state index contributed by atoms with van der Waals surface area (Å²) in [6, 6.07) is 7.97. The SMILES string of the molecule is CC1(C)C(C(=O)NCc2ccccc2Br)C1(C)C. The first kappa shape index (κ1) is 13.6. The lowest BCUT2D eigenvalue weighted by Crippen LogP contribution is -2.27. The van der Waals surface area contributed by atoms with Crippen LogP contribution in [0.3, 0.4) is 0 Å². The number of hydrogen-bond acceptors (Lipinski definition) is 1. The van der Waals surface area contributed by atoms with Crippen molar-refractivity contribution in [3.63, 3.8) is 0 Å². The van der Waals surface area contributed by atoms with Gasteiger partial charge in [-0.3, -0.25) is 4.79 Å². The van der Waals surface area contributed by atoms with E-state index < -0.39 is 0 Å². The first-order valence-corrected chi connectivity index (χ1v) is 7.09. The van der Waals surface area contributed by atoms with Gasteiger partial charge in [0, 0.05) is 16.9 Å². The monoisotopic (exact) mass is 309 g/mol. The second kappa shape index (κ2) is 4.37. The molecule has 1 aromatic carbocycles. The molecule has 0 saturated heterocycles. The van der Waals surface area contributed by atoms with Gasteiger partial charge in [-0.15, -0.1) is 0 Å². The fraction of sp³-hybridized carbons (Fsp3) is 0.533. The van der Waals surface area contributed by atoms with E-state index in [2.05, 4.69) is 48.9 Å². The van der Waals surface area contributed by atoms with Gasteiger partial charge in [-0.2, -0.15) is 0 Å². The molecular weight excluding hydrogens is 290 g/mol. The summed E-state index contributed by atoms with van der Waals surface area (Å²) in [7, 11) is 0. The summed E-state index contributed by atoms with van der Waals surface area (Å²) >= 11 is 3.49. The van der Waals surface area contributed by atoms with Gasteiger partial charge >= 0.3 is 0 Å². The van der Waals surface area contributed by atoms with Crippen molar-refractivity contribution in [2.45, 2.75) is 34.2 Å². The maximum absolute atomic E-state index is 12.2. The summed E-state index contributed by atoms with van der Waals surface area (Å²) in [6.45, 7) is 9.24. The molecule has 0 atom stereocenters. The lowest BCUT2D eigenvalue weighted by Gasteiger charge is -2.08. The van der Waals surface area contributed by atoms with Crippen LogP contribution in [0.15, 0.2) is 28.7 Å². The average molecular weight is 310 g/mol. The molecule has 1 aromatic rings. The summed E-state index contributed by atoms with van der Waals surface area (Å²) in [4.78, 5) is 12.2. The number of carbonyl (C=O) groups excluding carboxylic acids is 1. The quantitative estimate of drug-likeness (QED) is 0.905.